The maximum atomic E-state index is 12.4. The Hall–Kier alpha value is -4.35. The summed E-state index contributed by atoms with van der Waals surface area (Å²) in [5.41, 5.74) is 1.32. The van der Waals surface area contributed by atoms with Gasteiger partial charge in [0.2, 0.25) is 11.9 Å². The molecule has 208 valence electrons. The van der Waals surface area contributed by atoms with Gasteiger partial charge >= 0.3 is 6.09 Å². The number of amides is 2. The number of benzene rings is 1. The Kier molecular flexibility index (Phi) is 12.0. The molecular weight excluding hydrogens is 498 g/mol. The maximum Gasteiger partial charge on any atom is 0.410 e. The van der Waals surface area contributed by atoms with E-state index in [2.05, 4.69) is 43.8 Å². The number of hydrogen-bond donors (Lipinski definition) is 3. The molecule has 1 aromatic heterocycles. The molecule has 11 heteroatoms. The summed E-state index contributed by atoms with van der Waals surface area (Å²) in [4.78, 5) is 34.8. The lowest BCUT2D eigenvalue weighted by atomic mass is 10.2. The van der Waals surface area contributed by atoms with Crippen molar-refractivity contribution in [1.29, 1.82) is 5.26 Å². The molecule has 1 aromatic carbocycles. The van der Waals surface area contributed by atoms with Crippen LogP contribution in [0.15, 0.2) is 30.5 Å². The van der Waals surface area contributed by atoms with E-state index in [1.165, 1.54) is 11.9 Å². The van der Waals surface area contributed by atoms with Crippen molar-refractivity contribution in [3.05, 3.63) is 41.6 Å². The van der Waals surface area contributed by atoms with Crippen molar-refractivity contribution in [3.8, 4) is 17.9 Å². The number of aromatic nitrogens is 2. The van der Waals surface area contributed by atoms with E-state index in [0.717, 1.165) is 5.69 Å². The molecule has 2 amide bonds. The smallest absolute Gasteiger partial charge is 0.410 e. The fourth-order valence-corrected chi connectivity index (χ4v) is 3.06. The SMILES string of the molecule is COCCNc1nc(Nc2ccc(C#N)cc2)ncc1C#CCCCNC(=O)[C@H](C)N(C)C(=O)OC(C)(C)C. The summed E-state index contributed by atoms with van der Waals surface area (Å²) in [6, 6.07) is 8.40. The molecule has 0 radical (unpaired) electrons. The second kappa shape index (κ2) is 15.2. The highest BCUT2D eigenvalue weighted by Crippen LogP contribution is 2.18. The molecule has 0 aliphatic heterocycles. The summed E-state index contributed by atoms with van der Waals surface area (Å²) in [7, 11) is 3.16. The largest absolute Gasteiger partial charge is 0.444 e. The molecule has 0 aliphatic carbocycles. The van der Waals surface area contributed by atoms with Gasteiger partial charge in [-0.3, -0.25) is 9.69 Å². The highest BCUT2D eigenvalue weighted by Gasteiger charge is 2.26. The Morgan fingerprint density at radius 1 is 1.18 bits per heavy atom. The van der Waals surface area contributed by atoms with Gasteiger partial charge in [0.25, 0.3) is 0 Å². The van der Waals surface area contributed by atoms with E-state index in [1.54, 1.807) is 65.3 Å². The fraction of sp³-hybridized carbons (Fsp3) is 0.464. The number of methoxy groups -OCH3 is 1. The van der Waals surface area contributed by atoms with E-state index < -0.39 is 17.7 Å². The zero-order valence-corrected chi connectivity index (χ0v) is 23.4. The minimum absolute atomic E-state index is 0.264. The summed E-state index contributed by atoms with van der Waals surface area (Å²) in [6.07, 6.45) is 2.26. The van der Waals surface area contributed by atoms with E-state index in [9.17, 15) is 9.59 Å². The molecule has 11 nitrogen and oxygen atoms in total. The van der Waals surface area contributed by atoms with Gasteiger partial charge in [0.05, 0.1) is 30.0 Å². The third kappa shape index (κ3) is 10.9. The van der Waals surface area contributed by atoms with E-state index in [4.69, 9.17) is 14.7 Å². The first kappa shape index (κ1) is 30.9. The van der Waals surface area contributed by atoms with Crippen LogP contribution >= 0.6 is 0 Å². The number of rotatable bonds is 11. The maximum absolute atomic E-state index is 12.4. The van der Waals surface area contributed by atoms with Crippen LogP contribution < -0.4 is 16.0 Å². The second-order valence-corrected chi connectivity index (χ2v) is 9.65. The lowest BCUT2D eigenvalue weighted by molar-refractivity contribution is -0.125. The van der Waals surface area contributed by atoms with Gasteiger partial charge in [-0.25, -0.2) is 9.78 Å². The molecule has 0 saturated heterocycles. The number of unbranched alkanes of at least 4 members (excludes halogenated alkanes) is 1. The first-order valence-corrected chi connectivity index (χ1v) is 12.6. The van der Waals surface area contributed by atoms with E-state index in [1.807, 2.05) is 0 Å². The zero-order chi connectivity index (χ0) is 28.8. The zero-order valence-electron chi connectivity index (χ0n) is 23.4. The summed E-state index contributed by atoms with van der Waals surface area (Å²) in [5, 5.41) is 18.1. The Balaban J connectivity index is 1.92. The van der Waals surface area contributed by atoms with Gasteiger partial charge in [0.1, 0.15) is 17.5 Å². The van der Waals surface area contributed by atoms with Gasteiger partial charge in [-0.2, -0.15) is 10.2 Å². The van der Waals surface area contributed by atoms with E-state index >= 15 is 0 Å². The van der Waals surface area contributed by atoms with Crippen LogP contribution in [0.5, 0.6) is 0 Å². The van der Waals surface area contributed by atoms with Crippen molar-refractivity contribution in [2.24, 2.45) is 0 Å². The van der Waals surface area contributed by atoms with Crippen LogP contribution in [0.2, 0.25) is 0 Å². The van der Waals surface area contributed by atoms with Gasteiger partial charge in [0, 0.05) is 39.4 Å². The summed E-state index contributed by atoms with van der Waals surface area (Å²) in [6.45, 7) is 8.44. The van der Waals surface area contributed by atoms with Crippen LogP contribution in [-0.4, -0.2) is 72.4 Å². The van der Waals surface area contributed by atoms with Crippen LogP contribution in [0.4, 0.5) is 22.2 Å². The molecule has 0 bridgehead atoms. The second-order valence-electron chi connectivity index (χ2n) is 9.65. The fourth-order valence-electron chi connectivity index (χ4n) is 3.06. The number of carbonyl (C=O) groups is 2. The van der Waals surface area contributed by atoms with Crippen molar-refractivity contribution in [2.45, 2.75) is 52.2 Å². The standard InChI is InChI=1S/C28H37N7O4/c1-20(35(5)27(37)39-28(2,3)4)25(36)31-15-9-7-8-10-22-19-32-26(34-24(22)30-16-17-38-6)33-23-13-11-21(18-29)12-14-23/h11-14,19-20H,7,9,15-17H2,1-6H3,(H,31,36)(H2,30,32,33,34)/t20-/m0/s1. The first-order chi connectivity index (χ1) is 18.5. The Bertz CT molecular complexity index is 1210. The molecule has 39 heavy (non-hydrogen) atoms. The minimum atomic E-state index is -0.666. The molecule has 1 atom stereocenters. The Morgan fingerprint density at radius 2 is 1.90 bits per heavy atom. The lowest BCUT2D eigenvalue weighted by Gasteiger charge is -2.28. The highest BCUT2D eigenvalue weighted by molar-refractivity contribution is 5.85. The Labute approximate surface area is 230 Å². The third-order valence-electron chi connectivity index (χ3n) is 5.30. The predicted octanol–water partition coefficient (Wildman–Crippen LogP) is 3.65. The normalized spacial score (nSPS) is 11.3. The molecule has 0 fully saturated rings. The van der Waals surface area contributed by atoms with E-state index in [-0.39, 0.29) is 5.91 Å². The number of nitriles is 1. The number of nitrogens with zero attached hydrogens (tertiary/aromatic N) is 4. The van der Waals surface area contributed by atoms with Gasteiger partial charge in [-0.05, 0) is 58.4 Å². The van der Waals surface area contributed by atoms with Gasteiger partial charge in [0.15, 0.2) is 0 Å². The topological polar surface area (TPSA) is 142 Å². The number of ether oxygens (including phenoxy) is 2. The summed E-state index contributed by atoms with van der Waals surface area (Å²) >= 11 is 0. The van der Waals surface area contributed by atoms with Crippen molar-refractivity contribution in [2.75, 3.05) is 44.5 Å². The van der Waals surface area contributed by atoms with Crippen molar-refractivity contribution < 1.29 is 19.1 Å². The highest BCUT2D eigenvalue weighted by atomic mass is 16.6. The van der Waals surface area contributed by atoms with E-state index in [0.29, 0.717) is 55.4 Å². The molecule has 3 N–H and O–H groups in total. The molecule has 0 spiro atoms. The van der Waals surface area contributed by atoms with Crippen molar-refractivity contribution in [3.63, 3.8) is 0 Å². The minimum Gasteiger partial charge on any atom is -0.444 e. The van der Waals surface area contributed by atoms with Crippen LogP contribution in [0.1, 0.15) is 51.7 Å². The number of nitrogens with one attached hydrogen (secondary N) is 3. The first-order valence-electron chi connectivity index (χ1n) is 12.6. The number of likely N-dealkylation sites (N-methyl/N-ethyl adjacent to an activating group) is 1. The third-order valence-corrected chi connectivity index (χ3v) is 5.30. The number of carbonyl (C=O) groups excluding carboxylic acids is 2. The van der Waals surface area contributed by atoms with Crippen molar-refractivity contribution >= 4 is 29.5 Å². The molecule has 0 saturated carbocycles. The number of hydrogen-bond acceptors (Lipinski definition) is 9. The molecular formula is C28H37N7O4. The molecule has 2 rings (SSSR count). The lowest BCUT2D eigenvalue weighted by Crippen LogP contribution is -2.47. The van der Waals surface area contributed by atoms with Crippen molar-refractivity contribution in [1.82, 2.24) is 20.2 Å². The average molecular weight is 536 g/mol. The van der Waals surface area contributed by atoms with Crippen LogP contribution in [-0.2, 0) is 14.3 Å². The molecule has 1 heterocycles. The number of anilines is 3. The van der Waals surface area contributed by atoms with Crippen LogP contribution in [0, 0.1) is 23.2 Å². The molecule has 0 unspecified atom stereocenters. The quantitative estimate of drug-likeness (QED) is 0.290. The summed E-state index contributed by atoms with van der Waals surface area (Å²) < 4.78 is 10.4. The Morgan fingerprint density at radius 3 is 2.54 bits per heavy atom. The van der Waals surface area contributed by atoms with Gasteiger partial charge in [-0.1, -0.05) is 11.8 Å². The monoisotopic (exact) mass is 535 g/mol. The molecule has 2 aromatic rings. The van der Waals surface area contributed by atoms with Crippen LogP contribution in [0.25, 0.3) is 0 Å². The van der Waals surface area contributed by atoms with Gasteiger partial charge < -0.3 is 25.4 Å². The van der Waals surface area contributed by atoms with Crippen LogP contribution in [0.3, 0.4) is 0 Å². The molecule has 0 aliphatic rings. The van der Waals surface area contributed by atoms with Gasteiger partial charge in [-0.15, -0.1) is 0 Å². The average Bonchev–Trinajstić information content (AvgIpc) is 2.90. The predicted molar refractivity (Wildman–Crippen MR) is 149 cm³/mol. The summed E-state index contributed by atoms with van der Waals surface area (Å²) in [5.74, 6) is 6.87.